The van der Waals surface area contributed by atoms with E-state index in [4.69, 9.17) is 0 Å². The van der Waals surface area contributed by atoms with E-state index in [0.717, 1.165) is 19.6 Å². The van der Waals surface area contributed by atoms with Crippen molar-refractivity contribution < 1.29 is 8.42 Å². The molecule has 0 unspecified atom stereocenters. The standard InChI is InChI=1S/C12H22N4O2S2/c1-3-15(4-2)20(17,18)16-7-5-14(6-8-16)10-12-9-13-11-19-12/h9,11H,3-8,10H2,1-2H3. The maximum Gasteiger partial charge on any atom is 0.282 e. The summed E-state index contributed by atoms with van der Waals surface area (Å²) in [6.07, 6.45) is 1.88. The molecule has 0 amide bonds. The van der Waals surface area contributed by atoms with E-state index in [1.54, 1.807) is 15.6 Å². The van der Waals surface area contributed by atoms with E-state index < -0.39 is 10.2 Å². The molecule has 0 bridgehead atoms. The molecule has 1 aliphatic heterocycles. The van der Waals surface area contributed by atoms with Crippen molar-refractivity contribution >= 4 is 21.5 Å². The molecule has 1 fully saturated rings. The van der Waals surface area contributed by atoms with Gasteiger partial charge in [-0.3, -0.25) is 9.88 Å². The smallest absolute Gasteiger partial charge is 0.282 e. The zero-order valence-electron chi connectivity index (χ0n) is 12.0. The van der Waals surface area contributed by atoms with Gasteiger partial charge in [-0.2, -0.15) is 17.0 Å². The first-order chi connectivity index (χ1) is 9.57. The summed E-state index contributed by atoms with van der Waals surface area (Å²) in [4.78, 5) is 7.57. The van der Waals surface area contributed by atoms with Crippen LogP contribution in [0, 0.1) is 0 Å². The Kier molecular flexibility index (Phi) is 5.50. The van der Waals surface area contributed by atoms with E-state index in [0.29, 0.717) is 26.2 Å². The van der Waals surface area contributed by atoms with Crippen molar-refractivity contribution in [3.05, 3.63) is 16.6 Å². The minimum absolute atomic E-state index is 0.528. The molecule has 8 heteroatoms. The van der Waals surface area contributed by atoms with Crippen molar-refractivity contribution in [3.8, 4) is 0 Å². The van der Waals surface area contributed by atoms with Gasteiger partial charge in [0.25, 0.3) is 10.2 Å². The average Bonchev–Trinajstić information content (AvgIpc) is 2.93. The zero-order chi connectivity index (χ0) is 14.6. The Morgan fingerprint density at radius 1 is 1.25 bits per heavy atom. The highest BCUT2D eigenvalue weighted by Gasteiger charge is 2.30. The van der Waals surface area contributed by atoms with Crippen molar-refractivity contribution in [1.29, 1.82) is 0 Å². The number of hydrogen-bond donors (Lipinski definition) is 0. The Balaban J connectivity index is 1.90. The molecule has 0 aromatic carbocycles. The first-order valence-corrected chi connectivity index (χ1v) is 9.20. The predicted molar refractivity (Wildman–Crippen MR) is 80.8 cm³/mol. The molecule has 0 radical (unpaired) electrons. The third-order valence-corrected chi connectivity index (χ3v) is 6.50. The fourth-order valence-corrected chi connectivity index (χ4v) is 4.61. The Morgan fingerprint density at radius 3 is 2.40 bits per heavy atom. The van der Waals surface area contributed by atoms with Crippen LogP contribution < -0.4 is 0 Å². The highest BCUT2D eigenvalue weighted by Crippen LogP contribution is 2.15. The fraction of sp³-hybridized carbons (Fsp3) is 0.750. The molecule has 2 heterocycles. The fourth-order valence-electron chi connectivity index (χ4n) is 2.37. The highest BCUT2D eigenvalue weighted by molar-refractivity contribution is 7.86. The van der Waals surface area contributed by atoms with Crippen LogP contribution in [0.5, 0.6) is 0 Å². The number of aromatic nitrogens is 1. The molecule has 1 aromatic heterocycles. The van der Waals surface area contributed by atoms with Crippen molar-refractivity contribution in [2.75, 3.05) is 39.3 Å². The summed E-state index contributed by atoms with van der Waals surface area (Å²) in [5, 5.41) is 0. The second kappa shape index (κ2) is 6.95. The molecule has 0 atom stereocenters. The van der Waals surface area contributed by atoms with Crippen LogP contribution in [-0.4, -0.2) is 66.2 Å². The lowest BCUT2D eigenvalue weighted by Gasteiger charge is -2.36. The van der Waals surface area contributed by atoms with Crippen molar-refractivity contribution in [3.63, 3.8) is 0 Å². The lowest BCUT2D eigenvalue weighted by molar-refractivity contribution is 0.176. The quantitative estimate of drug-likeness (QED) is 0.780. The Labute approximate surface area is 125 Å². The minimum atomic E-state index is -3.28. The molecule has 2 rings (SSSR count). The lowest BCUT2D eigenvalue weighted by atomic mass is 10.3. The van der Waals surface area contributed by atoms with Crippen molar-refractivity contribution in [2.24, 2.45) is 0 Å². The van der Waals surface area contributed by atoms with Gasteiger partial charge in [0.2, 0.25) is 0 Å². The second-order valence-corrected chi connectivity index (χ2v) is 7.63. The van der Waals surface area contributed by atoms with Crippen molar-refractivity contribution in [1.82, 2.24) is 18.5 Å². The Morgan fingerprint density at radius 2 is 1.90 bits per heavy atom. The first kappa shape index (κ1) is 15.8. The molecule has 0 saturated carbocycles. The van der Waals surface area contributed by atoms with Crippen LogP contribution in [0.3, 0.4) is 0 Å². The molecule has 0 N–H and O–H groups in total. The molecule has 1 aliphatic rings. The summed E-state index contributed by atoms with van der Waals surface area (Å²) in [6, 6.07) is 0. The lowest BCUT2D eigenvalue weighted by Crippen LogP contribution is -2.52. The number of nitrogens with zero attached hydrogens (tertiary/aromatic N) is 4. The number of hydrogen-bond acceptors (Lipinski definition) is 5. The van der Waals surface area contributed by atoms with E-state index in [-0.39, 0.29) is 0 Å². The predicted octanol–water partition coefficient (Wildman–Crippen LogP) is 0.847. The summed E-state index contributed by atoms with van der Waals surface area (Å²) >= 11 is 1.64. The maximum atomic E-state index is 12.4. The molecule has 6 nitrogen and oxygen atoms in total. The third kappa shape index (κ3) is 3.56. The van der Waals surface area contributed by atoms with Gasteiger partial charge < -0.3 is 0 Å². The van der Waals surface area contributed by atoms with Crippen LogP contribution in [-0.2, 0) is 16.8 Å². The maximum absolute atomic E-state index is 12.4. The van der Waals surface area contributed by atoms with E-state index in [1.165, 1.54) is 9.18 Å². The van der Waals surface area contributed by atoms with Crippen LogP contribution in [0.2, 0.25) is 0 Å². The van der Waals surface area contributed by atoms with E-state index in [9.17, 15) is 8.42 Å². The number of rotatable bonds is 6. The van der Waals surface area contributed by atoms with Gasteiger partial charge in [0, 0.05) is 56.9 Å². The van der Waals surface area contributed by atoms with Gasteiger partial charge in [-0.05, 0) is 0 Å². The van der Waals surface area contributed by atoms with Crippen LogP contribution in [0.4, 0.5) is 0 Å². The molecule has 1 aromatic rings. The average molecular weight is 318 g/mol. The summed E-state index contributed by atoms with van der Waals surface area (Å²) in [7, 11) is -3.28. The van der Waals surface area contributed by atoms with E-state index in [1.807, 2.05) is 25.6 Å². The van der Waals surface area contributed by atoms with Crippen LogP contribution in [0.15, 0.2) is 11.7 Å². The van der Waals surface area contributed by atoms with Gasteiger partial charge in [-0.15, -0.1) is 11.3 Å². The highest BCUT2D eigenvalue weighted by atomic mass is 32.2. The monoisotopic (exact) mass is 318 g/mol. The molecular weight excluding hydrogens is 296 g/mol. The third-order valence-electron chi connectivity index (χ3n) is 3.55. The normalized spacial score (nSPS) is 18.8. The van der Waals surface area contributed by atoms with Gasteiger partial charge >= 0.3 is 0 Å². The molecule has 0 spiro atoms. The topological polar surface area (TPSA) is 56.8 Å². The molecule has 20 heavy (non-hydrogen) atoms. The second-order valence-electron chi connectivity index (χ2n) is 4.74. The van der Waals surface area contributed by atoms with E-state index in [2.05, 4.69) is 9.88 Å². The van der Waals surface area contributed by atoms with E-state index >= 15 is 0 Å². The van der Waals surface area contributed by atoms with Gasteiger partial charge in [0.1, 0.15) is 0 Å². The van der Waals surface area contributed by atoms with Gasteiger partial charge in [0.15, 0.2) is 0 Å². The minimum Gasteiger partial charge on any atom is -0.296 e. The number of piperazine rings is 1. The Bertz CT molecular complexity index is 492. The van der Waals surface area contributed by atoms with Gasteiger partial charge in [-0.25, -0.2) is 0 Å². The largest absolute Gasteiger partial charge is 0.296 e. The first-order valence-electron chi connectivity index (χ1n) is 6.92. The summed E-state index contributed by atoms with van der Waals surface area (Å²) in [5.74, 6) is 0. The van der Waals surface area contributed by atoms with Gasteiger partial charge in [0.05, 0.1) is 5.51 Å². The van der Waals surface area contributed by atoms with Crippen molar-refractivity contribution in [2.45, 2.75) is 20.4 Å². The van der Waals surface area contributed by atoms with Crippen LogP contribution in [0.1, 0.15) is 18.7 Å². The summed E-state index contributed by atoms with van der Waals surface area (Å²) in [5.41, 5.74) is 1.83. The summed E-state index contributed by atoms with van der Waals surface area (Å²) in [6.45, 7) is 8.36. The molecule has 114 valence electrons. The number of thiazole rings is 1. The molecule has 0 aliphatic carbocycles. The SMILES string of the molecule is CCN(CC)S(=O)(=O)N1CCN(Cc2cncs2)CC1. The molecule has 1 saturated heterocycles. The van der Waals surface area contributed by atoms with Gasteiger partial charge in [-0.1, -0.05) is 13.8 Å². The molecular formula is C12H22N4O2S2. The Hall–Kier alpha value is -0.540. The zero-order valence-corrected chi connectivity index (χ0v) is 13.7. The van der Waals surface area contributed by atoms with Crippen LogP contribution >= 0.6 is 11.3 Å². The summed E-state index contributed by atoms with van der Waals surface area (Å²) < 4.78 is 27.9. The van der Waals surface area contributed by atoms with Crippen LogP contribution in [0.25, 0.3) is 0 Å².